The van der Waals surface area contributed by atoms with Gasteiger partial charge in [-0.3, -0.25) is 9.59 Å². The summed E-state index contributed by atoms with van der Waals surface area (Å²) >= 11 is 0. The van der Waals surface area contributed by atoms with Crippen LogP contribution in [0.15, 0.2) is 72.8 Å². The number of halogens is 2. The van der Waals surface area contributed by atoms with Crippen LogP contribution in [0.1, 0.15) is 40.9 Å². The van der Waals surface area contributed by atoms with E-state index in [9.17, 15) is 18.4 Å². The van der Waals surface area contributed by atoms with Gasteiger partial charge < -0.3 is 10.6 Å². The van der Waals surface area contributed by atoms with Gasteiger partial charge in [0.25, 0.3) is 5.91 Å². The van der Waals surface area contributed by atoms with Crippen molar-refractivity contribution < 1.29 is 18.4 Å². The Morgan fingerprint density at radius 1 is 0.933 bits per heavy atom. The molecule has 6 heteroatoms. The number of hydrogen-bond acceptors (Lipinski definition) is 2. The topological polar surface area (TPSA) is 58.2 Å². The molecule has 0 saturated heterocycles. The monoisotopic (exact) mass is 408 g/mol. The lowest BCUT2D eigenvalue weighted by Gasteiger charge is -2.16. The van der Waals surface area contributed by atoms with Crippen molar-refractivity contribution in [1.82, 2.24) is 5.32 Å². The molecule has 0 fully saturated rings. The van der Waals surface area contributed by atoms with E-state index >= 15 is 0 Å². The van der Waals surface area contributed by atoms with E-state index in [1.165, 1.54) is 0 Å². The third-order valence-corrected chi connectivity index (χ3v) is 4.69. The largest absolute Gasteiger partial charge is 0.350 e. The van der Waals surface area contributed by atoms with E-state index in [1.54, 1.807) is 42.5 Å². The third-order valence-electron chi connectivity index (χ3n) is 4.69. The van der Waals surface area contributed by atoms with Crippen LogP contribution < -0.4 is 10.6 Å². The molecule has 0 spiro atoms. The zero-order valence-electron chi connectivity index (χ0n) is 16.5. The van der Waals surface area contributed by atoms with Gasteiger partial charge in [-0.2, -0.15) is 0 Å². The van der Waals surface area contributed by atoms with Crippen LogP contribution >= 0.6 is 0 Å². The molecule has 0 aliphatic carbocycles. The van der Waals surface area contributed by atoms with Gasteiger partial charge >= 0.3 is 0 Å². The fourth-order valence-corrected chi connectivity index (χ4v) is 3.06. The number of benzene rings is 3. The second-order valence-corrected chi connectivity index (χ2v) is 6.97. The Balaban J connectivity index is 1.58. The van der Waals surface area contributed by atoms with Crippen LogP contribution in [0.5, 0.6) is 0 Å². The number of aryl methyl sites for hydroxylation is 1. The number of hydrogen-bond donors (Lipinski definition) is 2. The van der Waals surface area contributed by atoms with Gasteiger partial charge in [0.05, 0.1) is 6.04 Å². The van der Waals surface area contributed by atoms with Gasteiger partial charge in [0.2, 0.25) is 5.91 Å². The van der Waals surface area contributed by atoms with Crippen LogP contribution in [0.3, 0.4) is 0 Å². The van der Waals surface area contributed by atoms with Crippen LogP contribution in [0, 0.1) is 11.6 Å². The molecule has 3 rings (SSSR count). The Bertz CT molecular complexity index is 1040. The van der Waals surface area contributed by atoms with Crippen LogP contribution in [-0.4, -0.2) is 11.8 Å². The lowest BCUT2D eigenvalue weighted by atomic mass is 10.1. The van der Waals surface area contributed by atoms with Gasteiger partial charge in [-0.15, -0.1) is 0 Å². The van der Waals surface area contributed by atoms with E-state index in [-0.39, 0.29) is 36.3 Å². The highest BCUT2D eigenvalue weighted by atomic mass is 19.1. The van der Waals surface area contributed by atoms with E-state index in [1.807, 2.05) is 19.1 Å². The summed E-state index contributed by atoms with van der Waals surface area (Å²) in [5.74, 6) is -1.56. The predicted molar refractivity (Wildman–Crippen MR) is 112 cm³/mol. The summed E-state index contributed by atoms with van der Waals surface area (Å²) in [6.45, 7) is 1.82. The Morgan fingerprint density at radius 3 is 2.47 bits per heavy atom. The summed E-state index contributed by atoms with van der Waals surface area (Å²) < 4.78 is 26.9. The summed E-state index contributed by atoms with van der Waals surface area (Å²) in [4.78, 5) is 24.6. The molecular formula is C24H22F2N2O2. The highest BCUT2D eigenvalue weighted by Gasteiger charge is 2.13. The molecule has 154 valence electrons. The highest BCUT2D eigenvalue weighted by molar-refractivity contribution is 6.04. The van der Waals surface area contributed by atoms with Crippen LogP contribution in [0.4, 0.5) is 14.5 Å². The van der Waals surface area contributed by atoms with Gasteiger partial charge in [-0.1, -0.05) is 30.3 Å². The summed E-state index contributed by atoms with van der Waals surface area (Å²) in [6, 6.07) is 19.0. The quantitative estimate of drug-likeness (QED) is 0.576. The van der Waals surface area contributed by atoms with Gasteiger partial charge in [-0.25, -0.2) is 8.78 Å². The maximum absolute atomic E-state index is 13.7. The average Bonchev–Trinajstić information content (AvgIpc) is 2.75. The average molecular weight is 408 g/mol. The lowest BCUT2D eigenvalue weighted by Crippen LogP contribution is -2.27. The van der Waals surface area contributed by atoms with E-state index in [0.717, 1.165) is 23.8 Å². The first-order chi connectivity index (χ1) is 14.4. The van der Waals surface area contributed by atoms with E-state index < -0.39 is 11.6 Å². The maximum Gasteiger partial charge on any atom is 0.255 e. The first kappa shape index (κ1) is 21.2. The molecule has 1 atom stereocenters. The molecule has 3 aromatic rings. The van der Waals surface area contributed by atoms with Crippen LogP contribution in [-0.2, 0) is 11.2 Å². The molecule has 0 aromatic heterocycles. The molecule has 30 heavy (non-hydrogen) atoms. The van der Waals surface area contributed by atoms with Gasteiger partial charge in [0, 0.05) is 17.7 Å². The zero-order valence-corrected chi connectivity index (χ0v) is 16.5. The summed E-state index contributed by atoms with van der Waals surface area (Å²) in [5, 5.41) is 5.68. The van der Waals surface area contributed by atoms with Gasteiger partial charge in [0.1, 0.15) is 11.6 Å². The normalized spacial score (nSPS) is 11.6. The Kier molecular flexibility index (Phi) is 6.91. The summed E-state index contributed by atoms with van der Waals surface area (Å²) in [5.41, 5.74) is 2.15. The first-order valence-electron chi connectivity index (χ1n) is 9.62. The van der Waals surface area contributed by atoms with Crippen molar-refractivity contribution in [2.75, 3.05) is 5.32 Å². The molecule has 0 aliphatic rings. The SMILES string of the molecule is CC(NC(=O)CCc1cc(F)ccc1F)c1cccc(NC(=O)c2ccccc2)c1. The molecule has 2 N–H and O–H groups in total. The first-order valence-corrected chi connectivity index (χ1v) is 9.62. The van der Waals surface area contributed by atoms with Crippen LogP contribution in [0.2, 0.25) is 0 Å². The van der Waals surface area contributed by atoms with Crippen LogP contribution in [0.25, 0.3) is 0 Å². The van der Waals surface area contributed by atoms with Crippen molar-refractivity contribution in [3.05, 3.63) is 101 Å². The van der Waals surface area contributed by atoms with Crippen molar-refractivity contribution in [2.45, 2.75) is 25.8 Å². The minimum atomic E-state index is -0.533. The number of carbonyl (C=O) groups excluding carboxylic acids is 2. The smallest absolute Gasteiger partial charge is 0.255 e. The minimum Gasteiger partial charge on any atom is -0.350 e. The maximum atomic E-state index is 13.7. The Hall–Kier alpha value is -3.54. The molecule has 0 radical (unpaired) electrons. The molecule has 0 heterocycles. The Morgan fingerprint density at radius 2 is 1.70 bits per heavy atom. The summed E-state index contributed by atoms with van der Waals surface area (Å²) in [7, 11) is 0. The molecule has 2 amide bonds. The van der Waals surface area contributed by atoms with E-state index in [2.05, 4.69) is 10.6 Å². The molecule has 0 saturated carbocycles. The molecule has 3 aromatic carbocycles. The Labute approximate surface area is 173 Å². The molecule has 0 aliphatic heterocycles. The van der Waals surface area contributed by atoms with Crippen molar-refractivity contribution in [1.29, 1.82) is 0 Å². The fourth-order valence-electron chi connectivity index (χ4n) is 3.06. The fraction of sp³-hybridized carbons (Fsp3) is 0.167. The molecular weight excluding hydrogens is 386 g/mol. The van der Waals surface area contributed by atoms with Crippen molar-refractivity contribution in [3.8, 4) is 0 Å². The molecule has 4 nitrogen and oxygen atoms in total. The van der Waals surface area contributed by atoms with Gasteiger partial charge in [0.15, 0.2) is 0 Å². The second-order valence-electron chi connectivity index (χ2n) is 6.97. The predicted octanol–water partition coefficient (Wildman–Crippen LogP) is 5.03. The third kappa shape index (κ3) is 5.73. The number of rotatable bonds is 7. The summed E-state index contributed by atoms with van der Waals surface area (Å²) in [6.07, 6.45) is 0.143. The number of carbonyl (C=O) groups is 2. The number of anilines is 1. The molecule has 1 unspecified atom stereocenters. The number of amides is 2. The minimum absolute atomic E-state index is 0.0369. The van der Waals surface area contributed by atoms with E-state index in [0.29, 0.717) is 11.3 Å². The van der Waals surface area contributed by atoms with E-state index in [4.69, 9.17) is 0 Å². The standard InChI is InChI=1S/C24H22F2N2O2/c1-16(27-23(29)13-10-19-14-20(25)11-12-22(19)26)18-8-5-9-21(15-18)28-24(30)17-6-3-2-4-7-17/h2-9,11-12,14-16H,10,13H2,1H3,(H,27,29)(H,28,30). The van der Waals surface area contributed by atoms with Gasteiger partial charge in [-0.05, 0) is 66.9 Å². The van der Waals surface area contributed by atoms with Crippen molar-refractivity contribution >= 4 is 17.5 Å². The number of nitrogens with one attached hydrogen (secondary N) is 2. The van der Waals surface area contributed by atoms with Crippen molar-refractivity contribution in [2.24, 2.45) is 0 Å². The second kappa shape index (κ2) is 9.78. The zero-order chi connectivity index (χ0) is 21.5. The van der Waals surface area contributed by atoms with Crippen molar-refractivity contribution in [3.63, 3.8) is 0 Å². The lowest BCUT2D eigenvalue weighted by molar-refractivity contribution is -0.121. The molecule has 0 bridgehead atoms. The highest BCUT2D eigenvalue weighted by Crippen LogP contribution is 2.19.